The van der Waals surface area contributed by atoms with Crippen LogP contribution in [0.3, 0.4) is 0 Å². The van der Waals surface area contributed by atoms with Crippen molar-refractivity contribution in [3.8, 4) is 11.5 Å². The molecule has 3 nitrogen and oxygen atoms in total. The van der Waals surface area contributed by atoms with E-state index < -0.39 is 0 Å². The molecule has 24 heavy (non-hydrogen) atoms. The zero-order valence-electron chi connectivity index (χ0n) is 14.3. The van der Waals surface area contributed by atoms with Crippen molar-refractivity contribution >= 4 is 5.97 Å². The van der Waals surface area contributed by atoms with E-state index in [0.29, 0.717) is 29.6 Å². The minimum atomic E-state index is -0.375. The summed E-state index contributed by atoms with van der Waals surface area (Å²) in [5.74, 6) is 1.53. The van der Waals surface area contributed by atoms with Crippen LogP contribution in [-0.4, -0.2) is 12.6 Å². The first kappa shape index (κ1) is 17.8. The van der Waals surface area contributed by atoms with Gasteiger partial charge in [-0.3, -0.25) is 0 Å². The molecule has 0 aliphatic rings. The summed E-state index contributed by atoms with van der Waals surface area (Å²) < 4.78 is 10.8. The molecule has 2 rings (SSSR count). The maximum absolute atomic E-state index is 12.2. The summed E-state index contributed by atoms with van der Waals surface area (Å²) in [6, 6.07) is 14.6. The lowest BCUT2D eigenvalue weighted by Gasteiger charge is -2.09. The fourth-order valence-corrected chi connectivity index (χ4v) is 2.25. The average Bonchev–Trinajstić information content (AvgIpc) is 2.61. The maximum Gasteiger partial charge on any atom is 0.343 e. The van der Waals surface area contributed by atoms with Crippen molar-refractivity contribution in [2.75, 3.05) is 6.61 Å². The number of hydrogen-bond acceptors (Lipinski definition) is 3. The smallest absolute Gasteiger partial charge is 0.343 e. The lowest BCUT2D eigenvalue weighted by molar-refractivity contribution is 0.0734. The van der Waals surface area contributed by atoms with E-state index in [9.17, 15) is 4.79 Å². The highest BCUT2D eigenvalue weighted by atomic mass is 16.5. The summed E-state index contributed by atoms with van der Waals surface area (Å²) in [5.41, 5.74) is 1.75. The number of benzene rings is 2. The molecule has 3 heteroatoms. The number of hydrogen-bond donors (Lipinski definition) is 0. The predicted molar refractivity (Wildman–Crippen MR) is 96.7 cm³/mol. The van der Waals surface area contributed by atoms with Crippen LogP contribution in [0.4, 0.5) is 0 Å². The van der Waals surface area contributed by atoms with Gasteiger partial charge in [0.1, 0.15) is 18.1 Å². The molecule has 0 spiro atoms. The predicted octanol–water partition coefficient (Wildman–Crippen LogP) is 5.06. The summed E-state index contributed by atoms with van der Waals surface area (Å²) in [6.07, 6.45) is 3.87. The number of ether oxygens (including phenoxy) is 2. The molecule has 0 radical (unpaired) electrons. The number of carbonyl (C=O) groups excluding carboxylic acids is 1. The van der Waals surface area contributed by atoms with Crippen LogP contribution >= 0.6 is 0 Å². The van der Waals surface area contributed by atoms with Gasteiger partial charge < -0.3 is 9.47 Å². The van der Waals surface area contributed by atoms with Gasteiger partial charge in [-0.25, -0.2) is 4.79 Å². The summed E-state index contributed by atoms with van der Waals surface area (Å²) in [4.78, 5) is 12.2. The molecule has 0 aromatic heterocycles. The summed E-state index contributed by atoms with van der Waals surface area (Å²) in [5, 5.41) is 0. The van der Waals surface area contributed by atoms with Gasteiger partial charge in [0.05, 0.1) is 5.56 Å². The van der Waals surface area contributed by atoms with Crippen molar-refractivity contribution in [2.24, 2.45) is 5.92 Å². The normalized spacial score (nSPS) is 11.6. The Morgan fingerprint density at radius 3 is 2.29 bits per heavy atom. The van der Waals surface area contributed by atoms with Gasteiger partial charge in [0, 0.05) is 0 Å². The van der Waals surface area contributed by atoms with Crippen molar-refractivity contribution in [1.29, 1.82) is 0 Å². The van der Waals surface area contributed by atoms with E-state index in [4.69, 9.17) is 9.47 Å². The highest BCUT2D eigenvalue weighted by Gasteiger charge is 2.09. The van der Waals surface area contributed by atoms with Gasteiger partial charge in [-0.2, -0.15) is 0 Å². The van der Waals surface area contributed by atoms with Crippen LogP contribution < -0.4 is 9.47 Å². The third-order valence-corrected chi connectivity index (χ3v) is 3.87. The molecule has 0 saturated carbocycles. The van der Waals surface area contributed by atoms with Crippen LogP contribution in [0.25, 0.3) is 0 Å². The zero-order chi connectivity index (χ0) is 17.4. The molecule has 0 heterocycles. The number of carbonyl (C=O) groups is 1. The van der Waals surface area contributed by atoms with Crippen molar-refractivity contribution in [2.45, 2.75) is 26.7 Å². The van der Waals surface area contributed by atoms with Crippen molar-refractivity contribution < 1.29 is 14.3 Å². The molecule has 0 bridgehead atoms. The quantitative estimate of drug-likeness (QED) is 0.387. The average molecular weight is 324 g/mol. The third-order valence-electron chi connectivity index (χ3n) is 3.87. The van der Waals surface area contributed by atoms with Gasteiger partial charge in [0.2, 0.25) is 0 Å². The Bertz CT molecular complexity index is 656. The van der Waals surface area contributed by atoms with E-state index in [1.807, 2.05) is 24.3 Å². The van der Waals surface area contributed by atoms with Gasteiger partial charge in [-0.15, -0.1) is 0 Å². The number of rotatable bonds is 8. The molecule has 0 aliphatic heterocycles. The Morgan fingerprint density at radius 1 is 1.08 bits per heavy atom. The van der Waals surface area contributed by atoms with E-state index in [-0.39, 0.29) is 5.97 Å². The topological polar surface area (TPSA) is 35.5 Å². The molecule has 2 aromatic rings. The second kappa shape index (κ2) is 8.92. The van der Waals surface area contributed by atoms with Gasteiger partial charge in [-0.05, 0) is 54.3 Å². The molecule has 1 unspecified atom stereocenters. The van der Waals surface area contributed by atoms with Crippen LogP contribution in [0.5, 0.6) is 11.5 Å². The standard InChI is InChI=1S/C21H24O3/c1-4-14-23-19-12-8-18(9-13-19)21(22)24-20-10-6-17(7-11-20)15-16(3)5-2/h4,6-13,16H,1,5,14-15H2,2-3H3. The van der Waals surface area contributed by atoms with E-state index >= 15 is 0 Å². The lowest BCUT2D eigenvalue weighted by Crippen LogP contribution is -2.08. The van der Waals surface area contributed by atoms with Crippen LogP contribution in [-0.2, 0) is 6.42 Å². The Labute approximate surface area is 143 Å². The minimum absolute atomic E-state index is 0.375. The molecular formula is C21H24O3. The molecule has 126 valence electrons. The van der Waals surface area contributed by atoms with E-state index in [1.54, 1.807) is 30.3 Å². The Kier molecular flexibility index (Phi) is 6.62. The first-order chi connectivity index (χ1) is 11.6. The first-order valence-electron chi connectivity index (χ1n) is 8.27. The Hall–Kier alpha value is -2.55. The monoisotopic (exact) mass is 324 g/mol. The molecule has 0 N–H and O–H groups in total. The van der Waals surface area contributed by atoms with E-state index in [0.717, 1.165) is 12.8 Å². The molecule has 0 saturated heterocycles. The highest BCUT2D eigenvalue weighted by Crippen LogP contribution is 2.18. The van der Waals surface area contributed by atoms with Crippen molar-refractivity contribution in [3.63, 3.8) is 0 Å². The van der Waals surface area contributed by atoms with Gasteiger partial charge >= 0.3 is 5.97 Å². The van der Waals surface area contributed by atoms with E-state index in [2.05, 4.69) is 20.4 Å². The van der Waals surface area contributed by atoms with Crippen LogP contribution in [0.2, 0.25) is 0 Å². The van der Waals surface area contributed by atoms with Crippen molar-refractivity contribution in [3.05, 3.63) is 72.3 Å². The summed E-state index contributed by atoms with van der Waals surface area (Å²) in [7, 11) is 0. The van der Waals surface area contributed by atoms with E-state index in [1.165, 1.54) is 5.56 Å². The largest absolute Gasteiger partial charge is 0.490 e. The SMILES string of the molecule is C=CCOc1ccc(C(=O)Oc2ccc(CC(C)CC)cc2)cc1. The highest BCUT2D eigenvalue weighted by molar-refractivity contribution is 5.91. The zero-order valence-corrected chi connectivity index (χ0v) is 14.3. The van der Waals surface area contributed by atoms with Gasteiger partial charge in [0.25, 0.3) is 0 Å². The molecule has 2 aromatic carbocycles. The Morgan fingerprint density at radius 2 is 1.71 bits per heavy atom. The molecule has 1 atom stereocenters. The van der Waals surface area contributed by atoms with Gasteiger partial charge in [0.15, 0.2) is 0 Å². The van der Waals surface area contributed by atoms with Crippen LogP contribution in [0.1, 0.15) is 36.2 Å². The maximum atomic E-state index is 12.2. The summed E-state index contributed by atoms with van der Waals surface area (Å²) in [6.45, 7) is 8.45. The molecule has 0 aliphatic carbocycles. The summed E-state index contributed by atoms with van der Waals surface area (Å²) >= 11 is 0. The molecule has 0 amide bonds. The first-order valence-corrected chi connectivity index (χ1v) is 8.27. The second-order valence-electron chi connectivity index (χ2n) is 5.88. The van der Waals surface area contributed by atoms with Gasteiger partial charge in [-0.1, -0.05) is 45.1 Å². The second-order valence-corrected chi connectivity index (χ2v) is 5.88. The fourth-order valence-electron chi connectivity index (χ4n) is 2.25. The number of esters is 1. The molecular weight excluding hydrogens is 300 g/mol. The third kappa shape index (κ3) is 5.27. The van der Waals surface area contributed by atoms with Crippen molar-refractivity contribution in [1.82, 2.24) is 0 Å². The fraction of sp³-hybridized carbons (Fsp3) is 0.286. The van der Waals surface area contributed by atoms with Crippen LogP contribution in [0, 0.1) is 5.92 Å². The Balaban J connectivity index is 1.95. The lowest BCUT2D eigenvalue weighted by atomic mass is 9.99. The minimum Gasteiger partial charge on any atom is -0.490 e. The van der Waals surface area contributed by atoms with Crippen LogP contribution in [0.15, 0.2) is 61.2 Å². The molecule has 0 fully saturated rings.